The molecule has 112 valence electrons. The van der Waals surface area contributed by atoms with Gasteiger partial charge in [-0.2, -0.15) is 16.3 Å². The van der Waals surface area contributed by atoms with Crippen LogP contribution in [0.4, 0.5) is 5.69 Å². The molecule has 2 aromatic heterocycles. The minimum Gasteiger partial charge on any atom is -0.361 e. The molecule has 0 radical (unpaired) electrons. The molecule has 0 amide bonds. The van der Waals surface area contributed by atoms with Crippen molar-refractivity contribution in [3.63, 3.8) is 0 Å². The summed E-state index contributed by atoms with van der Waals surface area (Å²) in [7, 11) is 0. The second kappa shape index (κ2) is 5.90. The summed E-state index contributed by atoms with van der Waals surface area (Å²) in [5, 5.41) is 11.6. The summed E-state index contributed by atoms with van der Waals surface area (Å²) in [5.74, 6) is 1.32. The van der Waals surface area contributed by atoms with Crippen LogP contribution in [-0.4, -0.2) is 23.2 Å². The van der Waals surface area contributed by atoms with Crippen molar-refractivity contribution in [2.24, 2.45) is 0 Å². The summed E-state index contributed by atoms with van der Waals surface area (Å²) >= 11 is 1.63. The van der Waals surface area contributed by atoms with Gasteiger partial charge in [-0.1, -0.05) is 23.4 Å². The van der Waals surface area contributed by atoms with Crippen LogP contribution < -0.4 is 10.2 Å². The van der Waals surface area contributed by atoms with Crippen LogP contribution in [-0.2, 0) is 13.1 Å². The van der Waals surface area contributed by atoms with Crippen molar-refractivity contribution in [1.29, 1.82) is 0 Å². The van der Waals surface area contributed by atoms with E-state index in [-0.39, 0.29) is 0 Å². The highest BCUT2D eigenvalue weighted by Crippen LogP contribution is 2.24. The summed E-state index contributed by atoms with van der Waals surface area (Å²) in [5.41, 5.74) is 3.55. The molecule has 6 heteroatoms. The zero-order valence-electron chi connectivity index (χ0n) is 12.0. The molecule has 1 N–H and O–H groups in total. The fourth-order valence-corrected chi connectivity index (χ4v) is 3.32. The predicted molar refractivity (Wildman–Crippen MR) is 86.8 cm³/mol. The smallest absolute Gasteiger partial charge is 0.246 e. The van der Waals surface area contributed by atoms with Crippen LogP contribution in [0.2, 0.25) is 0 Å². The van der Waals surface area contributed by atoms with Gasteiger partial charge in [-0.15, -0.1) is 0 Å². The van der Waals surface area contributed by atoms with Crippen LogP contribution >= 0.6 is 11.3 Å². The lowest BCUT2D eigenvalue weighted by molar-refractivity contribution is 0.376. The third-order valence-corrected chi connectivity index (χ3v) is 4.46. The van der Waals surface area contributed by atoms with E-state index in [4.69, 9.17) is 4.52 Å². The SMILES string of the molecule is c1ccc2c(c1)CNCCN2Cc1nc(-c2ccsc2)no1. The van der Waals surface area contributed by atoms with Crippen LogP contribution in [0.3, 0.4) is 0 Å². The zero-order chi connectivity index (χ0) is 14.8. The maximum Gasteiger partial charge on any atom is 0.246 e. The van der Waals surface area contributed by atoms with Gasteiger partial charge in [0.15, 0.2) is 0 Å². The molecule has 3 heterocycles. The lowest BCUT2D eigenvalue weighted by atomic mass is 10.1. The van der Waals surface area contributed by atoms with Gasteiger partial charge in [0.1, 0.15) is 0 Å². The summed E-state index contributed by atoms with van der Waals surface area (Å²) in [6, 6.07) is 10.5. The fourth-order valence-electron chi connectivity index (χ4n) is 2.68. The minimum absolute atomic E-state index is 0.635. The number of benzene rings is 1. The lowest BCUT2D eigenvalue weighted by Gasteiger charge is -2.22. The molecular weight excluding hydrogens is 296 g/mol. The van der Waals surface area contributed by atoms with E-state index >= 15 is 0 Å². The Morgan fingerprint density at radius 2 is 2.23 bits per heavy atom. The Kier molecular flexibility index (Phi) is 3.62. The monoisotopic (exact) mass is 312 g/mol. The Morgan fingerprint density at radius 3 is 3.14 bits per heavy atom. The summed E-state index contributed by atoms with van der Waals surface area (Å²) in [6.07, 6.45) is 0. The van der Waals surface area contributed by atoms with Crippen LogP contribution in [0.5, 0.6) is 0 Å². The van der Waals surface area contributed by atoms with Gasteiger partial charge in [-0.3, -0.25) is 0 Å². The number of para-hydroxylation sites is 1. The van der Waals surface area contributed by atoms with Crippen molar-refractivity contribution in [2.75, 3.05) is 18.0 Å². The zero-order valence-corrected chi connectivity index (χ0v) is 12.8. The quantitative estimate of drug-likeness (QED) is 0.806. The average Bonchev–Trinajstić information content (AvgIpc) is 3.18. The molecule has 0 saturated heterocycles. The fraction of sp³-hybridized carbons (Fsp3) is 0.250. The van der Waals surface area contributed by atoms with E-state index < -0.39 is 0 Å². The molecule has 0 bridgehead atoms. The molecule has 0 unspecified atom stereocenters. The Morgan fingerprint density at radius 1 is 1.27 bits per heavy atom. The van der Waals surface area contributed by atoms with Gasteiger partial charge in [0.05, 0.1) is 6.54 Å². The number of hydrogen-bond acceptors (Lipinski definition) is 6. The molecule has 0 saturated carbocycles. The van der Waals surface area contributed by atoms with Crippen LogP contribution in [0.1, 0.15) is 11.5 Å². The number of nitrogens with one attached hydrogen (secondary N) is 1. The van der Waals surface area contributed by atoms with Crippen molar-refractivity contribution < 1.29 is 4.52 Å². The maximum atomic E-state index is 5.43. The highest BCUT2D eigenvalue weighted by Gasteiger charge is 2.18. The number of anilines is 1. The highest BCUT2D eigenvalue weighted by atomic mass is 32.1. The van der Waals surface area contributed by atoms with Gasteiger partial charge in [0.2, 0.25) is 11.7 Å². The van der Waals surface area contributed by atoms with E-state index in [9.17, 15) is 0 Å². The Balaban J connectivity index is 1.58. The molecule has 4 rings (SSSR count). The van der Waals surface area contributed by atoms with Crippen LogP contribution in [0.15, 0.2) is 45.6 Å². The van der Waals surface area contributed by atoms with Gasteiger partial charge >= 0.3 is 0 Å². The molecule has 1 aliphatic heterocycles. The van der Waals surface area contributed by atoms with E-state index in [1.807, 2.05) is 16.8 Å². The first-order valence-electron chi connectivity index (χ1n) is 7.29. The molecule has 0 spiro atoms. The molecule has 0 atom stereocenters. The standard InChI is InChI=1S/C16H16N4OS/c1-2-4-14-12(3-1)9-17-6-7-20(14)10-15-18-16(19-21-15)13-5-8-22-11-13/h1-5,8,11,17H,6-7,9-10H2. The number of fused-ring (bicyclic) bond motifs is 1. The number of rotatable bonds is 3. The third-order valence-electron chi connectivity index (χ3n) is 3.78. The molecule has 0 fully saturated rings. The molecule has 22 heavy (non-hydrogen) atoms. The molecule has 5 nitrogen and oxygen atoms in total. The van der Waals surface area contributed by atoms with Crippen molar-refractivity contribution in [2.45, 2.75) is 13.1 Å². The normalized spacial score (nSPS) is 14.6. The van der Waals surface area contributed by atoms with Crippen LogP contribution in [0, 0.1) is 0 Å². The summed E-state index contributed by atoms with van der Waals surface area (Å²) < 4.78 is 5.43. The predicted octanol–water partition coefficient (Wildman–Crippen LogP) is 2.91. The first-order valence-corrected chi connectivity index (χ1v) is 8.23. The van der Waals surface area contributed by atoms with E-state index in [2.05, 4.69) is 44.6 Å². The van der Waals surface area contributed by atoms with Crippen molar-refractivity contribution in [1.82, 2.24) is 15.5 Å². The average molecular weight is 312 g/mol. The summed E-state index contributed by atoms with van der Waals surface area (Å²) in [6.45, 7) is 3.40. The molecule has 0 aliphatic carbocycles. The number of thiophene rings is 1. The van der Waals surface area contributed by atoms with Crippen molar-refractivity contribution in [3.8, 4) is 11.4 Å². The van der Waals surface area contributed by atoms with Gasteiger partial charge in [0, 0.05) is 36.3 Å². The number of nitrogens with zero attached hydrogens (tertiary/aromatic N) is 3. The Labute approximate surface area is 132 Å². The number of aromatic nitrogens is 2. The minimum atomic E-state index is 0.635. The first kappa shape index (κ1) is 13.5. The lowest BCUT2D eigenvalue weighted by Crippen LogP contribution is -2.28. The van der Waals surface area contributed by atoms with Gasteiger partial charge in [0.25, 0.3) is 0 Å². The third kappa shape index (κ3) is 2.63. The Bertz CT molecular complexity index is 753. The van der Waals surface area contributed by atoms with Crippen molar-refractivity contribution >= 4 is 17.0 Å². The van der Waals surface area contributed by atoms with Crippen LogP contribution in [0.25, 0.3) is 11.4 Å². The van der Waals surface area contributed by atoms with E-state index in [1.54, 1.807) is 11.3 Å². The van der Waals surface area contributed by atoms with Gasteiger partial charge in [-0.05, 0) is 23.1 Å². The first-order chi connectivity index (χ1) is 10.9. The largest absolute Gasteiger partial charge is 0.361 e. The van der Waals surface area contributed by atoms with Gasteiger partial charge in [-0.25, -0.2) is 0 Å². The molecule has 3 aromatic rings. The molecular formula is C16H16N4OS. The van der Waals surface area contributed by atoms with E-state index in [1.165, 1.54) is 11.3 Å². The second-order valence-corrected chi connectivity index (χ2v) is 6.03. The number of hydrogen-bond donors (Lipinski definition) is 1. The summed E-state index contributed by atoms with van der Waals surface area (Å²) in [4.78, 5) is 6.81. The van der Waals surface area contributed by atoms with Gasteiger partial charge < -0.3 is 14.7 Å². The molecule has 1 aromatic carbocycles. The molecule has 1 aliphatic rings. The maximum absolute atomic E-state index is 5.43. The van der Waals surface area contributed by atoms with E-state index in [0.717, 1.165) is 25.2 Å². The van der Waals surface area contributed by atoms with E-state index in [0.29, 0.717) is 18.3 Å². The Hall–Kier alpha value is -2.18. The van der Waals surface area contributed by atoms with Crippen molar-refractivity contribution in [3.05, 3.63) is 52.5 Å². The topological polar surface area (TPSA) is 54.2 Å². The highest BCUT2D eigenvalue weighted by molar-refractivity contribution is 7.08. The second-order valence-electron chi connectivity index (χ2n) is 5.25.